The third-order valence-electron chi connectivity index (χ3n) is 6.36. The van der Waals surface area contributed by atoms with Crippen molar-refractivity contribution in [2.24, 2.45) is 0 Å². The average Bonchev–Trinajstić information content (AvgIpc) is 3.05. The molecule has 192 valence electrons. The minimum Gasteiger partial charge on any atom is -0.379 e. The number of nitrogens with one attached hydrogen (secondary N) is 1. The minimum absolute atomic E-state index is 0.0618. The van der Waals surface area contributed by atoms with Crippen LogP contribution in [0.15, 0.2) is 71.6 Å². The van der Waals surface area contributed by atoms with E-state index in [1.807, 2.05) is 0 Å². The first-order valence-corrected chi connectivity index (χ1v) is 13.4. The Morgan fingerprint density at radius 1 is 1.00 bits per heavy atom. The number of morpholine rings is 1. The van der Waals surface area contributed by atoms with Gasteiger partial charge in [-0.2, -0.15) is 4.31 Å². The summed E-state index contributed by atoms with van der Waals surface area (Å²) in [5, 5.41) is 3.21. The van der Waals surface area contributed by atoms with Crippen molar-refractivity contribution in [2.75, 3.05) is 38.2 Å². The van der Waals surface area contributed by atoms with Gasteiger partial charge in [0, 0.05) is 34.9 Å². The lowest BCUT2D eigenvalue weighted by atomic mass is 9.95. The molecule has 11 heteroatoms. The molecule has 3 aromatic rings. The Balaban J connectivity index is 1.53. The maximum Gasteiger partial charge on any atom is 0.255 e. The Morgan fingerprint density at radius 3 is 2.35 bits per heavy atom. The summed E-state index contributed by atoms with van der Waals surface area (Å²) in [6.07, 6.45) is 0. The maximum absolute atomic E-state index is 13.8. The Hall–Kier alpha value is -3.31. The number of ether oxygens (including phenoxy) is 1. The van der Waals surface area contributed by atoms with Gasteiger partial charge in [-0.1, -0.05) is 23.7 Å². The molecule has 1 saturated heterocycles. The summed E-state index contributed by atoms with van der Waals surface area (Å²) in [5.41, 5.74) is 1.85. The molecule has 2 aliphatic rings. The molecule has 5 rings (SSSR count). The van der Waals surface area contributed by atoms with E-state index in [2.05, 4.69) is 5.32 Å². The molecule has 8 nitrogen and oxygen atoms in total. The fourth-order valence-corrected chi connectivity index (χ4v) is 6.13. The number of hydrogen-bond acceptors (Lipinski definition) is 5. The molecule has 0 aliphatic carbocycles. The molecule has 1 N–H and O–H groups in total. The highest BCUT2D eigenvalue weighted by molar-refractivity contribution is 7.89. The Labute approximate surface area is 218 Å². The van der Waals surface area contributed by atoms with Gasteiger partial charge in [0.15, 0.2) is 0 Å². The van der Waals surface area contributed by atoms with E-state index in [0.717, 1.165) is 0 Å². The van der Waals surface area contributed by atoms with Crippen LogP contribution in [-0.4, -0.2) is 62.3 Å². The molecule has 0 unspecified atom stereocenters. The van der Waals surface area contributed by atoms with Crippen LogP contribution in [0.25, 0.3) is 0 Å². The molecular weight excluding hydrogens is 521 g/mol. The first kappa shape index (κ1) is 25.3. The van der Waals surface area contributed by atoms with E-state index in [1.54, 1.807) is 30.3 Å². The smallest absolute Gasteiger partial charge is 0.255 e. The number of carbonyl (C=O) groups is 2. The fourth-order valence-electron chi connectivity index (χ4n) is 4.54. The van der Waals surface area contributed by atoms with Crippen molar-refractivity contribution in [1.29, 1.82) is 0 Å². The number of halogens is 2. The van der Waals surface area contributed by atoms with E-state index in [0.29, 0.717) is 35.1 Å². The Kier molecular flexibility index (Phi) is 7.00. The number of anilines is 1. The molecule has 0 bridgehead atoms. The van der Waals surface area contributed by atoms with E-state index in [4.69, 9.17) is 16.3 Å². The fraction of sp³-hybridized carbons (Fsp3) is 0.231. The van der Waals surface area contributed by atoms with Gasteiger partial charge in [0.05, 0.1) is 24.2 Å². The predicted octanol–water partition coefficient (Wildman–Crippen LogP) is 3.68. The van der Waals surface area contributed by atoms with Crippen LogP contribution in [0.2, 0.25) is 5.02 Å². The largest absolute Gasteiger partial charge is 0.379 e. The number of amides is 2. The van der Waals surface area contributed by atoms with Crippen molar-refractivity contribution in [3.05, 3.63) is 94.3 Å². The predicted molar refractivity (Wildman–Crippen MR) is 135 cm³/mol. The second kappa shape index (κ2) is 10.2. The molecule has 0 spiro atoms. The lowest BCUT2D eigenvalue weighted by Gasteiger charge is -2.31. The lowest BCUT2D eigenvalue weighted by molar-refractivity contribution is -0.117. The Morgan fingerprint density at radius 2 is 1.68 bits per heavy atom. The zero-order valence-corrected chi connectivity index (χ0v) is 21.1. The number of nitrogens with zero attached hydrogens (tertiary/aromatic N) is 2. The van der Waals surface area contributed by atoms with Gasteiger partial charge < -0.3 is 15.0 Å². The van der Waals surface area contributed by atoms with Gasteiger partial charge in [-0.05, 0) is 60.2 Å². The molecule has 0 saturated carbocycles. The average molecular weight is 544 g/mol. The van der Waals surface area contributed by atoms with Gasteiger partial charge in [-0.3, -0.25) is 9.59 Å². The van der Waals surface area contributed by atoms with Crippen LogP contribution in [0.5, 0.6) is 0 Å². The normalized spacial score (nSPS) is 18.6. The van der Waals surface area contributed by atoms with Crippen molar-refractivity contribution in [3.8, 4) is 0 Å². The topological polar surface area (TPSA) is 96.0 Å². The number of sulfonamides is 1. The van der Waals surface area contributed by atoms with Crippen molar-refractivity contribution >= 4 is 39.1 Å². The monoisotopic (exact) mass is 543 g/mol. The summed E-state index contributed by atoms with van der Waals surface area (Å²) in [6, 6.07) is 15.5. The Bertz CT molecular complexity index is 1440. The van der Waals surface area contributed by atoms with Crippen LogP contribution < -0.4 is 5.32 Å². The second-order valence-corrected chi connectivity index (χ2v) is 11.1. The molecule has 3 aromatic carbocycles. The quantitative estimate of drug-likeness (QED) is 0.541. The van der Waals surface area contributed by atoms with Crippen LogP contribution in [-0.2, 0) is 19.6 Å². The zero-order chi connectivity index (χ0) is 26.2. The number of carbonyl (C=O) groups excluding carboxylic acids is 2. The van der Waals surface area contributed by atoms with Gasteiger partial charge in [-0.25, -0.2) is 12.8 Å². The minimum atomic E-state index is -3.73. The van der Waals surface area contributed by atoms with Crippen molar-refractivity contribution in [1.82, 2.24) is 9.21 Å². The number of benzene rings is 3. The van der Waals surface area contributed by atoms with Gasteiger partial charge in [0.25, 0.3) is 5.91 Å². The molecule has 0 radical (unpaired) electrons. The van der Waals surface area contributed by atoms with E-state index >= 15 is 0 Å². The summed E-state index contributed by atoms with van der Waals surface area (Å²) in [7, 11) is -3.73. The molecule has 2 amide bonds. The zero-order valence-electron chi connectivity index (χ0n) is 19.6. The summed E-state index contributed by atoms with van der Waals surface area (Å²) in [4.78, 5) is 28.0. The summed E-state index contributed by atoms with van der Waals surface area (Å²) in [5.74, 6) is -1.34. The van der Waals surface area contributed by atoms with E-state index < -0.39 is 33.7 Å². The van der Waals surface area contributed by atoms with Gasteiger partial charge in [-0.15, -0.1) is 0 Å². The SMILES string of the molecule is O=C1CN(C(=O)c2ccc(S(=O)(=O)N3CCOCC3)cc2)[C@@H](c2ccc(F)cc2)c2cc(Cl)ccc2N1. The number of fused-ring (bicyclic) bond motifs is 1. The van der Waals surface area contributed by atoms with Crippen LogP contribution in [0.3, 0.4) is 0 Å². The standard InChI is InChI=1S/C26H23ClFN3O5S/c27-19-5-10-23-22(15-19)25(17-1-6-20(28)7-2-17)31(16-24(32)29-23)26(33)18-3-8-21(9-4-18)37(34,35)30-11-13-36-14-12-30/h1-10,15,25H,11-14,16H2,(H,29,32)/t25-/m0/s1. The second-order valence-electron chi connectivity index (χ2n) is 8.71. The highest BCUT2D eigenvalue weighted by Gasteiger charge is 2.34. The molecule has 0 aromatic heterocycles. The molecule has 2 aliphatic heterocycles. The van der Waals surface area contributed by atoms with Gasteiger partial charge >= 0.3 is 0 Å². The van der Waals surface area contributed by atoms with Crippen molar-refractivity contribution < 1.29 is 27.1 Å². The van der Waals surface area contributed by atoms with Gasteiger partial charge in [0.1, 0.15) is 12.4 Å². The first-order valence-electron chi connectivity index (χ1n) is 11.6. The molecular formula is C26H23ClFN3O5S. The van der Waals surface area contributed by atoms with Crippen molar-refractivity contribution in [2.45, 2.75) is 10.9 Å². The van der Waals surface area contributed by atoms with E-state index in [9.17, 15) is 22.4 Å². The van der Waals surface area contributed by atoms with Crippen LogP contribution in [0, 0.1) is 5.82 Å². The molecule has 1 atom stereocenters. The molecule has 37 heavy (non-hydrogen) atoms. The number of hydrogen-bond donors (Lipinski definition) is 1. The summed E-state index contributed by atoms with van der Waals surface area (Å²) < 4.78 is 46.2. The third-order valence-corrected chi connectivity index (χ3v) is 8.51. The van der Waals surface area contributed by atoms with Crippen LogP contribution in [0.1, 0.15) is 27.5 Å². The van der Waals surface area contributed by atoms with E-state index in [-0.39, 0.29) is 30.1 Å². The maximum atomic E-state index is 13.8. The van der Waals surface area contributed by atoms with Gasteiger partial charge in [0.2, 0.25) is 15.9 Å². The lowest BCUT2D eigenvalue weighted by Crippen LogP contribution is -2.40. The highest BCUT2D eigenvalue weighted by atomic mass is 35.5. The first-order chi connectivity index (χ1) is 17.7. The summed E-state index contributed by atoms with van der Waals surface area (Å²) >= 11 is 6.27. The third kappa shape index (κ3) is 5.10. The highest BCUT2D eigenvalue weighted by Crippen LogP contribution is 2.38. The molecule has 1 fully saturated rings. The van der Waals surface area contributed by atoms with E-state index in [1.165, 1.54) is 45.6 Å². The molecule has 2 heterocycles. The van der Waals surface area contributed by atoms with Crippen LogP contribution >= 0.6 is 11.6 Å². The van der Waals surface area contributed by atoms with Crippen LogP contribution in [0.4, 0.5) is 10.1 Å². The summed E-state index contributed by atoms with van der Waals surface area (Å²) in [6.45, 7) is 0.883. The number of rotatable bonds is 4. The van der Waals surface area contributed by atoms with Crippen molar-refractivity contribution in [3.63, 3.8) is 0 Å².